The summed E-state index contributed by atoms with van der Waals surface area (Å²) in [7, 11) is 2.15. The van der Waals surface area contributed by atoms with Crippen LogP contribution in [0.25, 0.3) is 10.9 Å². The average Bonchev–Trinajstić information content (AvgIpc) is 2.80. The van der Waals surface area contributed by atoms with Gasteiger partial charge >= 0.3 is 0 Å². The van der Waals surface area contributed by atoms with Gasteiger partial charge in [-0.05, 0) is 55.3 Å². The molecule has 3 aromatic rings. The van der Waals surface area contributed by atoms with Crippen molar-refractivity contribution < 1.29 is 0 Å². The normalized spacial score (nSPS) is 11.2. The fraction of sp³-hybridized carbons (Fsp3) is 0.222. The Morgan fingerprint density at radius 2 is 1.82 bits per heavy atom. The van der Waals surface area contributed by atoms with Gasteiger partial charge in [-0.15, -0.1) is 0 Å². The molecule has 0 aliphatic heterocycles. The fourth-order valence-electron chi connectivity index (χ4n) is 2.71. The first-order valence-corrected chi connectivity index (χ1v) is 9.01. The minimum Gasteiger partial charge on any atom is -0.338 e. The second-order valence-corrected chi connectivity index (χ2v) is 7.29. The highest BCUT2D eigenvalue weighted by Gasteiger charge is 2.15. The van der Waals surface area contributed by atoms with Gasteiger partial charge in [-0.2, -0.15) is 0 Å². The average molecular weight is 375 g/mol. The lowest BCUT2D eigenvalue weighted by molar-refractivity contribution is 0.786. The maximum absolute atomic E-state index is 5.73. The number of aryl methyl sites for hydroxylation is 2. The molecule has 0 radical (unpaired) electrons. The van der Waals surface area contributed by atoms with Crippen LogP contribution in [0.4, 0.5) is 0 Å². The third-order valence-electron chi connectivity index (χ3n) is 3.81. The zero-order valence-corrected chi connectivity index (χ0v) is 15.0. The largest absolute Gasteiger partial charge is 0.338 e. The fourth-order valence-corrected chi connectivity index (χ4v) is 4.04. The maximum Gasteiger partial charge on any atom is 0.0837 e. The topological polar surface area (TPSA) is 30.9 Å². The Hall–Kier alpha value is -1.23. The molecule has 114 valence electrons. The van der Waals surface area contributed by atoms with Crippen molar-refractivity contribution >= 4 is 38.6 Å². The van der Waals surface area contributed by atoms with Crippen LogP contribution in [0, 0.1) is 0 Å². The molecule has 2 N–H and O–H groups in total. The molecule has 0 unspecified atom stereocenters. The van der Waals surface area contributed by atoms with E-state index in [-0.39, 0.29) is 0 Å². The Morgan fingerprint density at radius 1 is 1.09 bits per heavy atom. The molecule has 0 saturated carbocycles. The summed E-state index contributed by atoms with van der Waals surface area (Å²) in [6.07, 6.45) is 2.04. The molecule has 2 nitrogen and oxygen atoms in total. The van der Waals surface area contributed by atoms with E-state index in [0.717, 1.165) is 23.9 Å². The summed E-state index contributed by atoms with van der Waals surface area (Å²) >= 11 is 5.32. The monoisotopic (exact) mass is 374 g/mol. The van der Waals surface area contributed by atoms with E-state index in [4.69, 9.17) is 5.73 Å². The Kier molecular flexibility index (Phi) is 4.91. The van der Waals surface area contributed by atoms with Gasteiger partial charge < -0.3 is 10.3 Å². The quantitative estimate of drug-likeness (QED) is 0.682. The number of aromatic nitrogens is 1. The summed E-state index contributed by atoms with van der Waals surface area (Å²) in [6.45, 7) is 0.728. The van der Waals surface area contributed by atoms with E-state index in [0.29, 0.717) is 0 Å². The second-order valence-electron chi connectivity index (χ2n) is 5.31. The molecule has 0 saturated heterocycles. The predicted octanol–water partition coefficient (Wildman–Crippen LogP) is 4.98. The molecular formula is C18H19BrN2S. The van der Waals surface area contributed by atoms with Gasteiger partial charge in [0.2, 0.25) is 0 Å². The van der Waals surface area contributed by atoms with Crippen LogP contribution in [0.2, 0.25) is 0 Å². The van der Waals surface area contributed by atoms with Crippen LogP contribution in [-0.4, -0.2) is 11.1 Å². The van der Waals surface area contributed by atoms with Crippen molar-refractivity contribution in [2.75, 3.05) is 6.54 Å². The van der Waals surface area contributed by atoms with Crippen LogP contribution in [0.5, 0.6) is 0 Å². The number of hydrogen-bond acceptors (Lipinski definition) is 2. The Balaban J connectivity index is 2.06. The van der Waals surface area contributed by atoms with Crippen molar-refractivity contribution in [1.29, 1.82) is 0 Å². The van der Waals surface area contributed by atoms with Crippen molar-refractivity contribution in [1.82, 2.24) is 4.57 Å². The zero-order chi connectivity index (χ0) is 15.5. The molecule has 0 aliphatic rings. The van der Waals surface area contributed by atoms with E-state index < -0.39 is 0 Å². The summed E-state index contributed by atoms with van der Waals surface area (Å²) in [5.41, 5.74) is 8.43. The number of hydrogen-bond donors (Lipinski definition) is 1. The Labute approximate surface area is 143 Å². The molecule has 0 spiro atoms. The lowest BCUT2D eigenvalue weighted by atomic mass is 10.1. The molecule has 0 fully saturated rings. The molecule has 0 bridgehead atoms. The van der Waals surface area contributed by atoms with Gasteiger partial charge in [0.25, 0.3) is 0 Å². The van der Waals surface area contributed by atoms with E-state index in [2.05, 4.69) is 76.1 Å². The third kappa shape index (κ3) is 3.09. The number of fused-ring (bicyclic) bond motifs is 1. The smallest absolute Gasteiger partial charge is 0.0837 e. The van der Waals surface area contributed by atoms with Crippen molar-refractivity contribution in [3.63, 3.8) is 0 Å². The molecule has 3 rings (SSSR count). The molecule has 0 aliphatic carbocycles. The van der Waals surface area contributed by atoms with Gasteiger partial charge in [-0.25, -0.2) is 0 Å². The van der Waals surface area contributed by atoms with Crippen molar-refractivity contribution in [2.24, 2.45) is 12.8 Å². The Bertz CT molecular complexity index is 778. The van der Waals surface area contributed by atoms with Crippen LogP contribution in [0.3, 0.4) is 0 Å². The lowest BCUT2D eigenvalue weighted by Crippen LogP contribution is -2.01. The number of nitrogens with two attached hydrogens (primary N) is 1. The first-order chi connectivity index (χ1) is 10.7. The Morgan fingerprint density at radius 3 is 2.55 bits per heavy atom. The van der Waals surface area contributed by atoms with Gasteiger partial charge in [-0.1, -0.05) is 45.9 Å². The van der Waals surface area contributed by atoms with Crippen LogP contribution in [0.1, 0.15) is 12.0 Å². The van der Waals surface area contributed by atoms with Gasteiger partial charge in [0.05, 0.1) is 5.03 Å². The first-order valence-electron chi connectivity index (χ1n) is 7.40. The van der Waals surface area contributed by atoms with Gasteiger partial charge in [-0.3, -0.25) is 0 Å². The van der Waals surface area contributed by atoms with Crippen molar-refractivity contribution in [2.45, 2.75) is 22.8 Å². The van der Waals surface area contributed by atoms with Crippen molar-refractivity contribution in [3.05, 3.63) is 58.6 Å². The first kappa shape index (κ1) is 15.7. The minimum absolute atomic E-state index is 0.728. The molecule has 1 heterocycles. The maximum atomic E-state index is 5.73. The highest BCUT2D eigenvalue weighted by Crippen LogP contribution is 2.37. The standard InChI is InChI=1S/C18H19BrN2S/c1-21-17-7-3-2-5-15(17)16(6-4-12-20)18(21)22-14-10-8-13(19)9-11-14/h2-3,5,7-11H,4,6,12,20H2,1H3. The van der Waals surface area contributed by atoms with Gasteiger partial charge in [0.15, 0.2) is 0 Å². The highest BCUT2D eigenvalue weighted by molar-refractivity contribution is 9.10. The summed E-state index contributed by atoms with van der Waals surface area (Å²) in [5, 5.41) is 2.66. The number of rotatable bonds is 5. The van der Waals surface area contributed by atoms with E-state index >= 15 is 0 Å². The van der Waals surface area contributed by atoms with Gasteiger partial charge in [0, 0.05) is 27.3 Å². The minimum atomic E-state index is 0.728. The van der Waals surface area contributed by atoms with Crippen LogP contribution < -0.4 is 5.73 Å². The van der Waals surface area contributed by atoms with E-state index in [1.54, 1.807) is 0 Å². The molecule has 4 heteroatoms. The third-order valence-corrected chi connectivity index (χ3v) is 5.56. The number of halogens is 1. The SMILES string of the molecule is Cn1c(Sc2ccc(Br)cc2)c(CCCN)c2ccccc21. The number of nitrogens with zero attached hydrogens (tertiary/aromatic N) is 1. The molecule has 1 aromatic heterocycles. The van der Waals surface area contributed by atoms with Gasteiger partial charge in [0.1, 0.15) is 0 Å². The predicted molar refractivity (Wildman–Crippen MR) is 98.6 cm³/mol. The molecule has 0 atom stereocenters. The molecule has 2 aromatic carbocycles. The summed E-state index contributed by atoms with van der Waals surface area (Å²) in [6, 6.07) is 17.1. The second kappa shape index (κ2) is 6.90. The molecular weight excluding hydrogens is 356 g/mol. The summed E-state index contributed by atoms with van der Waals surface area (Å²) < 4.78 is 3.41. The van der Waals surface area contributed by atoms with Crippen molar-refractivity contribution in [3.8, 4) is 0 Å². The van der Waals surface area contributed by atoms with E-state index in [9.17, 15) is 0 Å². The zero-order valence-electron chi connectivity index (χ0n) is 12.6. The summed E-state index contributed by atoms with van der Waals surface area (Å²) in [5.74, 6) is 0. The van der Waals surface area contributed by atoms with Crippen LogP contribution in [-0.2, 0) is 13.5 Å². The van der Waals surface area contributed by atoms with Crippen LogP contribution in [0.15, 0.2) is 62.9 Å². The molecule has 22 heavy (non-hydrogen) atoms. The van der Waals surface area contributed by atoms with E-state index in [1.807, 2.05) is 11.8 Å². The number of benzene rings is 2. The lowest BCUT2D eigenvalue weighted by Gasteiger charge is -2.08. The highest BCUT2D eigenvalue weighted by atomic mass is 79.9. The van der Waals surface area contributed by atoms with E-state index in [1.165, 1.54) is 26.4 Å². The molecule has 0 amide bonds. The summed E-state index contributed by atoms with van der Waals surface area (Å²) in [4.78, 5) is 1.25. The number of para-hydroxylation sites is 1. The van der Waals surface area contributed by atoms with Crippen LogP contribution >= 0.6 is 27.7 Å².